The van der Waals surface area contributed by atoms with Crippen LogP contribution in [0.4, 0.5) is 0 Å². The monoisotopic (exact) mass is 345 g/mol. The van der Waals surface area contributed by atoms with Gasteiger partial charge < -0.3 is 15.0 Å². The largest absolute Gasteiger partial charge is 0.497 e. The Balaban J connectivity index is 1.42. The highest BCUT2D eigenvalue weighted by Crippen LogP contribution is 2.22. The first-order valence-corrected chi connectivity index (χ1v) is 8.96. The molecular weight excluding hydrogens is 322 g/mol. The van der Waals surface area contributed by atoms with Crippen molar-refractivity contribution in [3.63, 3.8) is 0 Å². The van der Waals surface area contributed by atoms with Gasteiger partial charge in [-0.15, -0.1) is 0 Å². The Bertz CT molecular complexity index is 921. The van der Waals surface area contributed by atoms with E-state index in [1.165, 1.54) is 21.9 Å². The van der Waals surface area contributed by atoms with Crippen LogP contribution in [-0.4, -0.2) is 31.1 Å². The van der Waals surface area contributed by atoms with Gasteiger partial charge in [0.25, 0.3) is 0 Å². The number of hydrogen-bond acceptors (Lipinski definition) is 4. The van der Waals surface area contributed by atoms with Crippen molar-refractivity contribution in [3.05, 3.63) is 77.9 Å². The van der Waals surface area contributed by atoms with Crippen LogP contribution in [0.1, 0.15) is 11.1 Å². The molecule has 26 heavy (non-hydrogen) atoms. The Morgan fingerprint density at radius 2 is 1.77 bits per heavy atom. The number of nitrogens with zero attached hydrogens (tertiary/aromatic N) is 2. The quantitative estimate of drug-likeness (QED) is 0.764. The lowest BCUT2D eigenvalue weighted by Crippen LogP contribution is -2.37. The summed E-state index contributed by atoms with van der Waals surface area (Å²) in [6.07, 6.45) is 0. The van der Waals surface area contributed by atoms with Gasteiger partial charge in [-0.25, -0.2) is 0 Å². The third-order valence-corrected chi connectivity index (χ3v) is 4.71. The SMILES string of the molecule is COc1ccc2cc(CNC3=NCCN3Cc3ccccc3)ccc2c1. The molecule has 0 atom stereocenters. The van der Waals surface area contributed by atoms with Gasteiger partial charge in [-0.2, -0.15) is 0 Å². The van der Waals surface area contributed by atoms with Crippen LogP contribution in [0.5, 0.6) is 5.75 Å². The molecular formula is C22H23N3O. The molecule has 4 nitrogen and oxygen atoms in total. The van der Waals surface area contributed by atoms with E-state index in [-0.39, 0.29) is 0 Å². The molecule has 4 rings (SSSR count). The van der Waals surface area contributed by atoms with Crippen molar-refractivity contribution in [1.82, 2.24) is 10.2 Å². The van der Waals surface area contributed by atoms with Gasteiger partial charge in [0, 0.05) is 19.6 Å². The van der Waals surface area contributed by atoms with Gasteiger partial charge in [0.1, 0.15) is 5.75 Å². The van der Waals surface area contributed by atoms with Crippen LogP contribution >= 0.6 is 0 Å². The van der Waals surface area contributed by atoms with Crippen molar-refractivity contribution in [2.24, 2.45) is 4.99 Å². The zero-order chi connectivity index (χ0) is 17.8. The average molecular weight is 345 g/mol. The normalized spacial score (nSPS) is 13.7. The second kappa shape index (κ2) is 7.48. The summed E-state index contributed by atoms with van der Waals surface area (Å²) < 4.78 is 5.29. The topological polar surface area (TPSA) is 36.9 Å². The summed E-state index contributed by atoms with van der Waals surface area (Å²) in [4.78, 5) is 6.94. The fourth-order valence-electron chi connectivity index (χ4n) is 3.30. The minimum Gasteiger partial charge on any atom is -0.497 e. The van der Waals surface area contributed by atoms with Gasteiger partial charge in [0.2, 0.25) is 0 Å². The summed E-state index contributed by atoms with van der Waals surface area (Å²) in [7, 11) is 1.70. The second-order valence-corrected chi connectivity index (χ2v) is 6.51. The molecule has 0 unspecified atom stereocenters. The van der Waals surface area contributed by atoms with E-state index in [4.69, 9.17) is 4.74 Å². The maximum atomic E-state index is 5.29. The summed E-state index contributed by atoms with van der Waals surface area (Å²) in [5.74, 6) is 1.88. The molecule has 0 aliphatic carbocycles. The number of benzene rings is 3. The summed E-state index contributed by atoms with van der Waals surface area (Å²) in [6.45, 7) is 3.48. The molecule has 0 radical (unpaired) electrons. The van der Waals surface area contributed by atoms with E-state index in [9.17, 15) is 0 Å². The molecule has 1 heterocycles. The molecule has 0 bridgehead atoms. The fourth-order valence-corrected chi connectivity index (χ4v) is 3.30. The fraction of sp³-hybridized carbons (Fsp3) is 0.227. The highest BCUT2D eigenvalue weighted by molar-refractivity contribution is 5.85. The Labute approximate surface area is 154 Å². The van der Waals surface area contributed by atoms with Gasteiger partial charge in [0.05, 0.1) is 13.7 Å². The van der Waals surface area contributed by atoms with Crippen LogP contribution < -0.4 is 10.1 Å². The molecule has 0 spiro atoms. The molecule has 1 N–H and O–H groups in total. The molecule has 0 fully saturated rings. The van der Waals surface area contributed by atoms with Crippen LogP contribution in [0, 0.1) is 0 Å². The number of hydrogen-bond donors (Lipinski definition) is 1. The van der Waals surface area contributed by atoms with Crippen LogP contribution in [0.15, 0.2) is 71.7 Å². The lowest BCUT2D eigenvalue weighted by Gasteiger charge is -2.21. The molecule has 3 aromatic carbocycles. The van der Waals surface area contributed by atoms with Gasteiger partial charge in [-0.3, -0.25) is 4.99 Å². The van der Waals surface area contributed by atoms with E-state index in [1.807, 2.05) is 6.07 Å². The molecule has 132 valence electrons. The van der Waals surface area contributed by atoms with Crippen molar-refractivity contribution in [3.8, 4) is 5.75 Å². The first kappa shape index (κ1) is 16.5. The van der Waals surface area contributed by atoms with E-state index >= 15 is 0 Å². The lowest BCUT2D eigenvalue weighted by molar-refractivity contribution is 0.415. The lowest BCUT2D eigenvalue weighted by atomic mass is 10.1. The number of methoxy groups -OCH3 is 1. The van der Waals surface area contributed by atoms with E-state index in [0.29, 0.717) is 0 Å². The van der Waals surface area contributed by atoms with Crippen molar-refractivity contribution in [2.75, 3.05) is 20.2 Å². The highest BCUT2D eigenvalue weighted by Gasteiger charge is 2.16. The number of nitrogens with one attached hydrogen (secondary N) is 1. The minimum atomic E-state index is 0.770. The number of fused-ring (bicyclic) bond motifs is 1. The third-order valence-electron chi connectivity index (χ3n) is 4.71. The molecule has 1 aliphatic heterocycles. The summed E-state index contributed by atoms with van der Waals surface area (Å²) in [5, 5.41) is 5.92. The van der Waals surface area contributed by atoms with Crippen LogP contribution in [0.2, 0.25) is 0 Å². The van der Waals surface area contributed by atoms with Crippen molar-refractivity contribution < 1.29 is 4.74 Å². The van der Waals surface area contributed by atoms with Gasteiger partial charge in [-0.05, 0) is 40.1 Å². The molecule has 0 aromatic heterocycles. The highest BCUT2D eigenvalue weighted by atomic mass is 16.5. The van der Waals surface area contributed by atoms with E-state index in [1.54, 1.807) is 7.11 Å². The smallest absolute Gasteiger partial charge is 0.194 e. The van der Waals surface area contributed by atoms with Gasteiger partial charge in [-0.1, -0.05) is 48.5 Å². The molecule has 0 saturated carbocycles. The molecule has 0 saturated heterocycles. The minimum absolute atomic E-state index is 0.770. The summed E-state index contributed by atoms with van der Waals surface area (Å²) in [5.41, 5.74) is 2.56. The third kappa shape index (κ3) is 3.64. The molecule has 1 aliphatic rings. The van der Waals surface area contributed by atoms with E-state index < -0.39 is 0 Å². The maximum absolute atomic E-state index is 5.29. The molecule has 3 aromatic rings. The summed E-state index contributed by atoms with van der Waals surface area (Å²) >= 11 is 0. The van der Waals surface area contributed by atoms with E-state index in [0.717, 1.165) is 37.9 Å². The zero-order valence-electron chi connectivity index (χ0n) is 15.0. The Kier molecular flexibility index (Phi) is 4.73. The van der Waals surface area contributed by atoms with Gasteiger partial charge in [0.15, 0.2) is 5.96 Å². The number of guanidine groups is 1. The molecule has 0 amide bonds. The summed E-state index contributed by atoms with van der Waals surface area (Å²) in [6, 6.07) is 23.2. The second-order valence-electron chi connectivity index (χ2n) is 6.51. The average Bonchev–Trinajstić information content (AvgIpc) is 3.13. The zero-order valence-corrected chi connectivity index (χ0v) is 15.0. The van der Waals surface area contributed by atoms with Crippen LogP contribution in [-0.2, 0) is 13.1 Å². The van der Waals surface area contributed by atoms with E-state index in [2.05, 4.69) is 75.9 Å². The van der Waals surface area contributed by atoms with Crippen molar-refractivity contribution in [1.29, 1.82) is 0 Å². The number of rotatable bonds is 5. The molecule has 4 heteroatoms. The number of ether oxygens (including phenoxy) is 1. The van der Waals surface area contributed by atoms with Gasteiger partial charge >= 0.3 is 0 Å². The van der Waals surface area contributed by atoms with Crippen molar-refractivity contribution >= 4 is 16.7 Å². The first-order valence-electron chi connectivity index (χ1n) is 8.96. The van der Waals surface area contributed by atoms with Crippen LogP contribution in [0.25, 0.3) is 10.8 Å². The standard InChI is InChI=1S/C22H23N3O/c1-26-21-10-9-19-13-18(7-8-20(19)14-21)15-24-22-23-11-12-25(22)16-17-5-3-2-4-6-17/h2-10,13-14H,11-12,15-16H2,1H3,(H,23,24). The van der Waals surface area contributed by atoms with Crippen molar-refractivity contribution in [2.45, 2.75) is 13.1 Å². The predicted octanol–water partition coefficient (Wildman–Crippen LogP) is 3.81. The van der Waals surface area contributed by atoms with Crippen LogP contribution in [0.3, 0.4) is 0 Å². The first-order chi connectivity index (χ1) is 12.8. The maximum Gasteiger partial charge on any atom is 0.194 e. The Hall–Kier alpha value is -3.01. The Morgan fingerprint density at radius 3 is 2.62 bits per heavy atom. The Morgan fingerprint density at radius 1 is 0.962 bits per heavy atom. The predicted molar refractivity (Wildman–Crippen MR) is 106 cm³/mol. The number of aliphatic imine (C=N–C) groups is 1.